The van der Waals surface area contributed by atoms with Crippen LogP contribution in [0.2, 0.25) is 0 Å². The van der Waals surface area contributed by atoms with E-state index < -0.39 is 6.04 Å². The Bertz CT molecular complexity index is 609. The topological polar surface area (TPSA) is 84.4 Å². The molecule has 0 aromatic rings. The van der Waals surface area contributed by atoms with Gasteiger partial charge in [0.25, 0.3) is 0 Å². The van der Waals surface area contributed by atoms with Gasteiger partial charge in [0, 0.05) is 6.54 Å². The van der Waals surface area contributed by atoms with Crippen molar-refractivity contribution < 1.29 is 4.79 Å². The molecule has 0 fully saturated rings. The molecule has 0 aliphatic carbocycles. The Morgan fingerprint density at radius 3 is 1.06 bits per heavy atom. The standard InChI is InChI=1S/C45H94N4O/c1-3-5-7-9-11-13-15-17-19-21-23-25-27-29-31-35-41-49(43-37-40-48-45(50)44(47)38-33-34-39-46)42-36-32-30-28-26-24-22-20-18-16-14-12-10-8-6-4-2/h44H,3-43,46-47H2,1-2H3,(H,48,50)/t44-/m0/s1. The lowest BCUT2D eigenvalue weighted by atomic mass is 10.0. The number of carbonyl (C=O) groups is 1. The molecule has 0 unspecified atom stereocenters. The van der Waals surface area contributed by atoms with Crippen molar-refractivity contribution in [2.75, 3.05) is 32.7 Å². The van der Waals surface area contributed by atoms with Crippen molar-refractivity contribution in [1.82, 2.24) is 10.2 Å². The predicted molar refractivity (Wildman–Crippen MR) is 224 cm³/mol. The number of hydrogen-bond acceptors (Lipinski definition) is 4. The number of nitrogens with one attached hydrogen (secondary N) is 1. The first-order chi connectivity index (χ1) is 24.7. The first-order valence-corrected chi connectivity index (χ1v) is 23.1. The zero-order chi connectivity index (χ0) is 36.4. The monoisotopic (exact) mass is 707 g/mol. The summed E-state index contributed by atoms with van der Waals surface area (Å²) in [5.74, 6) is 0.00387. The molecule has 1 amide bonds. The molecule has 0 aliphatic rings. The van der Waals surface area contributed by atoms with Crippen LogP contribution in [0.1, 0.15) is 245 Å². The van der Waals surface area contributed by atoms with Gasteiger partial charge in [-0.05, 0) is 58.3 Å². The van der Waals surface area contributed by atoms with Crippen molar-refractivity contribution in [1.29, 1.82) is 0 Å². The minimum Gasteiger partial charge on any atom is -0.355 e. The maximum absolute atomic E-state index is 12.4. The third-order valence-electron chi connectivity index (χ3n) is 10.9. The van der Waals surface area contributed by atoms with Crippen LogP contribution in [0.5, 0.6) is 0 Å². The largest absolute Gasteiger partial charge is 0.355 e. The summed E-state index contributed by atoms with van der Waals surface area (Å²) in [7, 11) is 0. The van der Waals surface area contributed by atoms with Gasteiger partial charge in [-0.25, -0.2) is 0 Å². The Morgan fingerprint density at radius 1 is 0.440 bits per heavy atom. The van der Waals surface area contributed by atoms with Crippen LogP contribution >= 0.6 is 0 Å². The maximum atomic E-state index is 12.4. The molecule has 5 N–H and O–H groups in total. The predicted octanol–water partition coefficient (Wildman–Crippen LogP) is 12.8. The van der Waals surface area contributed by atoms with Gasteiger partial charge in [0.05, 0.1) is 6.04 Å². The van der Waals surface area contributed by atoms with E-state index in [1.54, 1.807) is 0 Å². The van der Waals surface area contributed by atoms with Gasteiger partial charge in [-0.15, -0.1) is 0 Å². The van der Waals surface area contributed by atoms with E-state index in [1.807, 2.05) is 0 Å². The first-order valence-electron chi connectivity index (χ1n) is 23.1. The van der Waals surface area contributed by atoms with Crippen LogP contribution in [0, 0.1) is 0 Å². The highest BCUT2D eigenvalue weighted by Crippen LogP contribution is 2.16. The van der Waals surface area contributed by atoms with E-state index in [9.17, 15) is 4.79 Å². The molecule has 1 atom stereocenters. The van der Waals surface area contributed by atoms with E-state index in [1.165, 1.54) is 219 Å². The highest BCUT2D eigenvalue weighted by Gasteiger charge is 2.12. The highest BCUT2D eigenvalue weighted by atomic mass is 16.2. The van der Waals surface area contributed by atoms with E-state index in [4.69, 9.17) is 11.5 Å². The van der Waals surface area contributed by atoms with Crippen molar-refractivity contribution in [2.45, 2.75) is 251 Å². The van der Waals surface area contributed by atoms with Gasteiger partial charge in [0.1, 0.15) is 0 Å². The van der Waals surface area contributed by atoms with Crippen molar-refractivity contribution in [2.24, 2.45) is 11.5 Å². The lowest BCUT2D eigenvalue weighted by molar-refractivity contribution is -0.122. The van der Waals surface area contributed by atoms with Gasteiger partial charge >= 0.3 is 0 Å². The quantitative estimate of drug-likeness (QED) is 0.0551. The lowest BCUT2D eigenvalue weighted by Gasteiger charge is -2.23. The molecule has 0 saturated carbocycles. The van der Waals surface area contributed by atoms with Gasteiger partial charge < -0.3 is 21.7 Å². The van der Waals surface area contributed by atoms with Crippen LogP contribution in [0.15, 0.2) is 0 Å². The summed E-state index contributed by atoms with van der Waals surface area (Å²) in [5.41, 5.74) is 11.7. The molecule has 0 rings (SSSR count). The fourth-order valence-electron chi connectivity index (χ4n) is 7.39. The second-order valence-corrected chi connectivity index (χ2v) is 16.0. The third-order valence-corrected chi connectivity index (χ3v) is 10.9. The average molecular weight is 707 g/mol. The number of amides is 1. The van der Waals surface area contributed by atoms with Crippen molar-refractivity contribution >= 4 is 5.91 Å². The normalized spacial score (nSPS) is 12.3. The Morgan fingerprint density at radius 2 is 0.740 bits per heavy atom. The summed E-state index contributed by atoms with van der Waals surface area (Å²) in [4.78, 5) is 15.1. The molecule has 5 heteroatoms. The number of nitrogens with two attached hydrogens (primary N) is 2. The second kappa shape index (κ2) is 42.8. The number of nitrogens with zero attached hydrogens (tertiary/aromatic N) is 1. The third kappa shape index (κ3) is 38.6. The average Bonchev–Trinajstić information content (AvgIpc) is 3.12. The van der Waals surface area contributed by atoms with Crippen molar-refractivity contribution in [3.8, 4) is 0 Å². The van der Waals surface area contributed by atoms with Crippen LogP contribution in [0.3, 0.4) is 0 Å². The molecule has 0 aromatic carbocycles. The van der Waals surface area contributed by atoms with Gasteiger partial charge in [0.2, 0.25) is 5.91 Å². The van der Waals surface area contributed by atoms with Gasteiger partial charge in [-0.2, -0.15) is 0 Å². The first kappa shape index (κ1) is 49.4. The SMILES string of the molecule is CCCCCCCCCCCCCCCCCCN(CCCCCCCCCCCCCCCCCC)CCCNC(=O)[C@@H](N)CCCCN. The molecular weight excluding hydrogens is 613 g/mol. The molecule has 0 saturated heterocycles. The van der Waals surface area contributed by atoms with Crippen LogP contribution in [-0.2, 0) is 4.79 Å². The van der Waals surface area contributed by atoms with Crippen LogP contribution in [-0.4, -0.2) is 49.6 Å². The number of carbonyl (C=O) groups excluding carboxylic acids is 1. The van der Waals surface area contributed by atoms with Gasteiger partial charge in [0.15, 0.2) is 0 Å². The van der Waals surface area contributed by atoms with Crippen molar-refractivity contribution in [3.05, 3.63) is 0 Å². The van der Waals surface area contributed by atoms with Crippen LogP contribution < -0.4 is 16.8 Å². The number of hydrogen-bond donors (Lipinski definition) is 3. The molecule has 0 aliphatic heterocycles. The highest BCUT2D eigenvalue weighted by molar-refractivity contribution is 5.81. The smallest absolute Gasteiger partial charge is 0.236 e. The van der Waals surface area contributed by atoms with E-state index in [0.717, 1.165) is 38.8 Å². The Hall–Kier alpha value is -0.650. The molecule has 0 bridgehead atoms. The van der Waals surface area contributed by atoms with Crippen LogP contribution in [0.25, 0.3) is 0 Å². The summed E-state index contributed by atoms with van der Waals surface area (Å²) in [6.07, 6.45) is 49.1. The molecule has 0 aromatic heterocycles. The molecular formula is C45H94N4O. The Kier molecular flexibility index (Phi) is 42.2. The molecule has 300 valence electrons. The minimum absolute atomic E-state index is 0.00387. The molecule has 50 heavy (non-hydrogen) atoms. The second-order valence-electron chi connectivity index (χ2n) is 16.0. The summed E-state index contributed by atoms with van der Waals surface area (Å²) in [6, 6.07) is -0.395. The van der Waals surface area contributed by atoms with Gasteiger partial charge in [-0.3, -0.25) is 4.79 Å². The summed E-state index contributed by atoms with van der Waals surface area (Å²) in [5, 5.41) is 3.09. The molecule has 0 spiro atoms. The molecule has 0 radical (unpaired) electrons. The zero-order valence-corrected chi connectivity index (χ0v) is 34.6. The van der Waals surface area contributed by atoms with Gasteiger partial charge in [-0.1, -0.05) is 213 Å². The maximum Gasteiger partial charge on any atom is 0.236 e. The van der Waals surface area contributed by atoms with E-state index in [-0.39, 0.29) is 5.91 Å². The number of rotatable bonds is 43. The molecule has 5 nitrogen and oxygen atoms in total. The zero-order valence-electron chi connectivity index (χ0n) is 34.6. The summed E-state index contributed by atoms with van der Waals surface area (Å²) >= 11 is 0. The number of unbranched alkanes of at least 4 members (excludes halogenated alkanes) is 31. The Balaban J connectivity index is 4.02. The minimum atomic E-state index is -0.395. The lowest BCUT2D eigenvalue weighted by Crippen LogP contribution is -2.41. The molecule has 0 heterocycles. The van der Waals surface area contributed by atoms with E-state index >= 15 is 0 Å². The Labute approximate surface area is 315 Å². The summed E-state index contributed by atoms with van der Waals surface area (Å²) < 4.78 is 0. The fourth-order valence-corrected chi connectivity index (χ4v) is 7.39. The van der Waals surface area contributed by atoms with Crippen LogP contribution in [0.4, 0.5) is 0 Å². The van der Waals surface area contributed by atoms with E-state index in [2.05, 4.69) is 24.1 Å². The fraction of sp³-hybridized carbons (Fsp3) is 0.978. The summed E-state index contributed by atoms with van der Waals surface area (Å²) in [6.45, 7) is 9.51. The van der Waals surface area contributed by atoms with E-state index in [0.29, 0.717) is 6.54 Å². The van der Waals surface area contributed by atoms with Crippen molar-refractivity contribution in [3.63, 3.8) is 0 Å².